The van der Waals surface area contributed by atoms with Crippen molar-refractivity contribution < 1.29 is 9.53 Å². The van der Waals surface area contributed by atoms with E-state index in [1.54, 1.807) is 0 Å². The maximum atomic E-state index is 11.9. The van der Waals surface area contributed by atoms with Crippen molar-refractivity contribution in [1.82, 2.24) is 5.32 Å². The van der Waals surface area contributed by atoms with Gasteiger partial charge in [0.15, 0.2) is 0 Å². The Kier molecular flexibility index (Phi) is 4.15. The van der Waals surface area contributed by atoms with Gasteiger partial charge in [-0.1, -0.05) is 25.5 Å². The monoisotopic (exact) mass is 233 g/mol. The van der Waals surface area contributed by atoms with E-state index < -0.39 is 0 Å². The highest BCUT2D eigenvalue weighted by Gasteiger charge is 2.17. The van der Waals surface area contributed by atoms with Crippen LogP contribution in [0.3, 0.4) is 0 Å². The predicted molar refractivity (Wildman–Crippen MR) is 67.0 cm³/mol. The third-order valence-corrected chi connectivity index (χ3v) is 3.09. The second kappa shape index (κ2) is 5.82. The second-order valence-electron chi connectivity index (χ2n) is 4.36. The molecule has 0 atom stereocenters. The first-order valence-electron chi connectivity index (χ1n) is 6.31. The van der Waals surface area contributed by atoms with Gasteiger partial charge in [0.05, 0.1) is 12.2 Å². The van der Waals surface area contributed by atoms with E-state index >= 15 is 0 Å². The van der Waals surface area contributed by atoms with E-state index in [0.717, 1.165) is 43.5 Å². The predicted octanol–water partition coefficient (Wildman–Crippen LogP) is 2.29. The zero-order valence-corrected chi connectivity index (χ0v) is 10.3. The number of fused-ring (bicyclic) bond motifs is 1. The van der Waals surface area contributed by atoms with Gasteiger partial charge in [-0.05, 0) is 36.6 Å². The minimum Gasteiger partial charge on any atom is -0.462 e. The molecule has 1 aliphatic heterocycles. The van der Waals surface area contributed by atoms with E-state index in [9.17, 15) is 4.79 Å². The summed E-state index contributed by atoms with van der Waals surface area (Å²) in [5, 5.41) is 3.31. The van der Waals surface area contributed by atoms with E-state index in [0.29, 0.717) is 6.61 Å². The molecular formula is C14H19NO2. The van der Waals surface area contributed by atoms with Gasteiger partial charge in [-0.2, -0.15) is 0 Å². The van der Waals surface area contributed by atoms with Crippen molar-refractivity contribution in [1.29, 1.82) is 0 Å². The zero-order chi connectivity index (χ0) is 12.1. The lowest BCUT2D eigenvalue weighted by atomic mass is 9.95. The molecule has 17 heavy (non-hydrogen) atoms. The van der Waals surface area contributed by atoms with Gasteiger partial charge in [0, 0.05) is 6.54 Å². The molecule has 0 spiro atoms. The van der Waals surface area contributed by atoms with Crippen molar-refractivity contribution in [3.63, 3.8) is 0 Å². The standard InChI is InChI=1S/C14H19NO2/c1-2-3-9-17-14(16)13-6-4-5-11-10-15-8-7-12(11)13/h4-6,15H,2-3,7-10H2,1H3. The molecule has 0 amide bonds. The lowest BCUT2D eigenvalue weighted by molar-refractivity contribution is 0.0498. The summed E-state index contributed by atoms with van der Waals surface area (Å²) < 4.78 is 5.28. The molecule has 3 heteroatoms. The Morgan fingerprint density at radius 3 is 3.18 bits per heavy atom. The molecule has 0 radical (unpaired) electrons. The highest BCUT2D eigenvalue weighted by atomic mass is 16.5. The molecule has 0 aromatic heterocycles. The largest absolute Gasteiger partial charge is 0.462 e. The van der Waals surface area contributed by atoms with Crippen molar-refractivity contribution in [3.8, 4) is 0 Å². The van der Waals surface area contributed by atoms with Crippen molar-refractivity contribution in [2.45, 2.75) is 32.7 Å². The van der Waals surface area contributed by atoms with Gasteiger partial charge in [-0.25, -0.2) is 4.79 Å². The van der Waals surface area contributed by atoms with Gasteiger partial charge in [0.25, 0.3) is 0 Å². The molecule has 0 unspecified atom stereocenters. The fraction of sp³-hybridized carbons (Fsp3) is 0.500. The second-order valence-corrected chi connectivity index (χ2v) is 4.36. The average Bonchev–Trinajstić information content (AvgIpc) is 2.38. The summed E-state index contributed by atoms with van der Waals surface area (Å²) in [6.45, 7) is 4.40. The Morgan fingerprint density at radius 2 is 2.35 bits per heavy atom. The van der Waals surface area contributed by atoms with Crippen molar-refractivity contribution in [2.75, 3.05) is 13.2 Å². The van der Waals surface area contributed by atoms with E-state index in [4.69, 9.17) is 4.74 Å². The van der Waals surface area contributed by atoms with Crippen LogP contribution in [-0.4, -0.2) is 19.1 Å². The molecule has 0 saturated heterocycles. The van der Waals surface area contributed by atoms with Crippen LogP contribution in [0.4, 0.5) is 0 Å². The van der Waals surface area contributed by atoms with Gasteiger partial charge >= 0.3 is 5.97 Å². The maximum Gasteiger partial charge on any atom is 0.338 e. The first kappa shape index (κ1) is 12.1. The number of carbonyl (C=O) groups is 1. The molecule has 1 aliphatic rings. The van der Waals surface area contributed by atoms with Gasteiger partial charge in [0.1, 0.15) is 0 Å². The molecule has 92 valence electrons. The summed E-state index contributed by atoms with van der Waals surface area (Å²) in [4.78, 5) is 11.9. The van der Waals surface area contributed by atoms with Gasteiger partial charge in [-0.3, -0.25) is 0 Å². The van der Waals surface area contributed by atoms with Crippen LogP contribution in [0.2, 0.25) is 0 Å². The average molecular weight is 233 g/mol. The van der Waals surface area contributed by atoms with Crippen LogP contribution in [0.15, 0.2) is 18.2 Å². The molecule has 1 N–H and O–H groups in total. The van der Waals surface area contributed by atoms with Crippen LogP contribution in [0.5, 0.6) is 0 Å². The van der Waals surface area contributed by atoms with E-state index in [1.807, 2.05) is 12.1 Å². The summed E-state index contributed by atoms with van der Waals surface area (Å²) in [7, 11) is 0. The third kappa shape index (κ3) is 2.86. The molecule has 0 aliphatic carbocycles. The Hall–Kier alpha value is -1.35. The topological polar surface area (TPSA) is 38.3 Å². The van der Waals surface area contributed by atoms with Crippen LogP contribution in [0.1, 0.15) is 41.3 Å². The van der Waals surface area contributed by atoms with Crippen LogP contribution in [-0.2, 0) is 17.7 Å². The minimum absolute atomic E-state index is 0.169. The molecule has 1 aromatic carbocycles. The van der Waals surface area contributed by atoms with Crippen LogP contribution >= 0.6 is 0 Å². The number of hydrogen-bond donors (Lipinski definition) is 1. The molecule has 0 bridgehead atoms. The molecule has 1 heterocycles. The number of benzene rings is 1. The Balaban J connectivity index is 2.12. The highest BCUT2D eigenvalue weighted by Crippen LogP contribution is 2.19. The summed E-state index contributed by atoms with van der Waals surface area (Å²) in [5.41, 5.74) is 3.13. The minimum atomic E-state index is -0.169. The van der Waals surface area contributed by atoms with E-state index in [-0.39, 0.29) is 5.97 Å². The quantitative estimate of drug-likeness (QED) is 0.640. The highest BCUT2D eigenvalue weighted by molar-refractivity contribution is 5.91. The fourth-order valence-electron chi connectivity index (χ4n) is 2.11. The fourth-order valence-corrected chi connectivity index (χ4v) is 2.11. The van der Waals surface area contributed by atoms with Crippen LogP contribution in [0.25, 0.3) is 0 Å². The summed E-state index contributed by atoms with van der Waals surface area (Å²) in [6.07, 6.45) is 2.89. The smallest absolute Gasteiger partial charge is 0.338 e. The lowest BCUT2D eigenvalue weighted by Crippen LogP contribution is -2.25. The number of esters is 1. The van der Waals surface area contributed by atoms with Crippen LogP contribution < -0.4 is 5.32 Å². The maximum absolute atomic E-state index is 11.9. The molecule has 0 saturated carbocycles. The zero-order valence-electron chi connectivity index (χ0n) is 10.3. The first-order valence-corrected chi connectivity index (χ1v) is 6.31. The van der Waals surface area contributed by atoms with Gasteiger partial charge in [0.2, 0.25) is 0 Å². The number of unbranched alkanes of at least 4 members (excludes halogenated alkanes) is 1. The Labute approximate surface area is 102 Å². The summed E-state index contributed by atoms with van der Waals surface area (Å²) in [5.74, 6) is -0.169. The number of nitrogens with one attached hydrogen (secondary N) is 1. The molecule has 3 nitrogen and oxygen atoms in total. The first-order chi connectivity index (χ1) is 8.33. The Bertz CT molecular complexity index is 401. The van der Waals surface area contributed by atoms with Gasteiger partial charge in [-0.15, -0.1) is 0 Å². The summed E-state index contributed by atoms with van der Waals surface area (Å²) >= 11 is 0. The molecular weight excluding hydrogens is 214 g/mol. The van der Waals surface area contributed by atoms with E-state index in [1.165, 1.54) is 5.56 Å². The van der Waals surface area contributed by atoms with Crippen molar-refractivity contribution in [2.24, 2.45) is 0 Å². The lowest BCUT2D eigenvalue weighted by Gasteiger charge is -2.19. The third-order valence-electron chi connectivity index (χ3n) is 3.09. The van der Waals surface area contributed by atoms with Crippen molar-refractivity contribution >= 4 is 5.97 Å². The van der Waals surface area contributed by atoms with Crippen molar-refractivity contribution in [3.05, 3.63) is 34.9 Å². The summed E-state index contributed by atoms with van der Waals surface area (Å²) in [6, 6.07) is 5.88. The number of hydrogen-bond acceptors (Lipinski definition) is 3. The van der Waals surface area contributed by atoms with E-state index in [2.05, 4.69) is 18.3 Å². The van der Waals surface area contributed by atoms with Crippen LogP contribution in [0, 0.1) is 0 Å². The Morgan fingerprint density at radius 1 is 1.47 bits per heavy atom. The molecule has 2 rings (SSSR count). The molecule has 1 aromatic rings. The molecule has 0 fully saturated rings. The van der Waals surface area contributed by atoms with Gasteiger partial charge < -0.3 is 10.1 Å². The SMILES string of the molecule is CCCCOC(=O)c1cccc2c1CCNC2. The number of carbonyl (C=O) groups excluding carboxylic acids is 1. The number of ether oxygens (including phenoxy) is 1. The normalized spacial score (nSPS) is 14.2. The number of rotatable bonds is 4.